The molecule has 0 aliphatic rings. The number of carboxylic acids is 1. The van der Waals surface area contributed by atoms with Gasteiger partial charge in [0.1, 0.15) is 0 Å². The summed E-state index contributed by atoms with van der Waals surface area (Å²) in [7, 11) is 0. The summed E-state index contributed by atoms with van der Waals surface area (Å²) >= 11 is 0. The van der Waals surface area contributed by atoms with Crippen molar-refractivity contribution >= 4 is 11.7 Å². The van der Waals surface area contributed by atoms with Gasteiger partial charge in [0.15, 0.2) is 0 Å². The molecule has 0 saturated heterocycles. The number of para-hydroxylation sites is 1. The molecule has 0 bridgehead atoms. The van der Waals surface area contributed by atoms with E-state index in [1.807, 2.05) is 19.1 Å². The first-order valence-electron chi connectivity index (χ1n) is 3.89. The average Bonchev–Trinajstić information content (AvgIpc) is 2.03. The van der Waals surface area contributed by atoms with Crippen molar-refractivity contribution in [2.45, 2.75) is 6.92 Å². The number of carboxylic acid groups (broad SMARTS) is 1. The number of hydrogen-bond acceptors (Lipinski definition) is 4. The van der Waals surface area contributed by atoms with Crippen LogP contribution in [0.4, 0.5) is 5.69 Å². The van der Waals surface area contributed by atoms with Crippen molar-refractivity contribution in [2.75, 3.05) is 11.6 Å². The smallest absolute Gasteiger partial charge is 0.0738 e. The van der Waals surface area contributed by atoms with E-state index in [0.29, 0.717) is 5.69 Å². The topological polar surface area (TPSA) is 69.4 Å². The number of hydrogen-bond donors (Lipinski definition) is 1. The van der Waals surface area contributed by atoms with Crippen molar-refractivity contribution in [3.8, 4) is 0 Å². The summed E-state index contributed by atoms with van der Waals surface area (Å²) in [6.07, 6.45) is 0. The highest BCUT2D eigenvalue weighted by atomic mass is 16.4. The monoisotopic (exact) mass is 179 g/mol. The maximum Gasteiger partial charge on any atom is 0.0738 e. The third-order valence-corrected chi connectivity index (χ3v) is 1.72. The number of rotatable bonds is 3. The van der Waals surface area contributed by atoms with E-state index in [0.717, 1.165) is 10.6 Å². The summed E-state index contributed by atoms with van der Waals surface area (Å²) in [5.41, 5.74) is 1.64. The molecule has 0 radical (unpaired) electrons. The van der Waals surface area contributed by atoms with Crippen LogP contribution in [0.2, 0.25) is 0 Å². The summed E-state index contributed by atoms with van der Waals surface area (Å²) in [6, 6.07) is 7.30. The summed E-state index contributed by atoms with van der Waals surface area (Å²) in [5.74, 6) is 4.32. The molecule has 0 aromatic heterocycles. The van der Waals surface area contributed by atoms with E-state index in [2.05, 4.69) is 0 Å². The number of anilines is 1. The SMILES string of the molecule is Cc1ccccc1N(N)CC(=O)[O-]. The Morgan fingerprint density at radius 1 is 1.54 bits per heavy atom. The molecule has 0 unspecified atom stereocenters. The molecule has 0 spiro atoms. The lowest BCUT2D eigenvalue weighted by atomic mass is 10.2. The first-order chi connectivity index (χ1) is 6.11. The predicted molar refractivity (Wildman–Crippen MR) is 47.7 cm³/mol. The summed E-state index contributed by atoms with van der Waals surface area (Å²) in [4.78, 5) is 10.3. The maximum atomic E-state index is 10.3. The minimum Gasteiger partial charge on any atom is -0.548 e. The lowest BCUT2D eigenvalue weighted by Crippen LogP contribution is -2.42. The number of carbonyl (C=O) groups excluding carboxylic acids is 1. The first-order valence-corrected chi connectivity index (χ1v) is 3.89. The molecule has 0 heterocycles. The Balaban J connectivity index is 2.82. The Labute approximate surface area is 76.6 Å². The average molecular weight is 179 g/mol. The van der Waals surface area contributed by atoms with Gasteiger partial charge in [-0.2, -0.15) is 0 Å². The Kier molecular flexibility index (Phi) is 2.87. The molecule has 4 nitrogen and oxygen atoms in total. The van der Waals surface area contributed by atoms with E-state index in [1.165, 1.54) is 0 Å². The minimum absolute atomic E-state index is 0.301. The number of aliphatic carboxylic acids is 1. The van der Waals surface area contributed by atoms with E-state index >= 15 is 0 Å². The minimum atomic E-state index is -1.19. The number of carbonyl (C=O) groups is 1. The van der Waals surface area contributed by atoms with Crippen molar-refractivity contribution in [3.05, 3.63) is 29.8 Å². The van der Waals surface area contributed by atoms with Crippen LogP contribution in [0.25, 0.3) is 0 Å². The lowest BCUT2D eigenvalue weighted by Gasteiger charge is -2.20. The van der Waals surface area contributed by atoms with Gasteiger partial charge in [-0.1, -0.05) is 18.2 Å². The number of nitrogens with two attached hydrogens (primary N) is 1. The molecule has 4 heteroatoms. The van der Waals surface area contributed by atoms with Crippen LogP contribution in [0.3, 0.4) is 0 Å². The van der Waals surface area contributed by atoms with Crippen LogP contribution in [0.15, 0.2) is 24.3 Å². The second kappa shape index (κ2) is 3.91. The molecule has 0 fully saturated rings. The van der Waals surface area contributed by atoms with E-state index in [1.54, 1.807) is 12.1 Å². The third-order valence-electron chi connectivity index (χ3n) is 1.72. The van der Waals surface area contributed by atoms with Gasteiger partial charge in [0.2, 0.25) is 0 Å². The molecule has 0 saturated carbocycles. The van der Waals surface area contributed by atoms with Crippen LogP contribution in [0.5, 0.6) is 0 Å². The molecule has 2 N–H and O–H groups in total. The van der Waals surface area contributed by atoms with Crippen LogP contribution < -0.4 is 16.0 Å². The van der Waals surface area contributed by atoms with Gasteiger partial charge in [0.25, 0.3) is 0 Å². The van der Waals surface area contributed by atoms with Gasteiger partial charge in [-0.15, -0.1) is 0 Å². The molecule has 0 atom stereocenters. The van der Waals surface area contributed by atoms with E-state index in [-0.39, 0.29) is 6.54 Å². The number of aryl methyl sites for hydroxylation is 1. The van der Waals surface area contributed by atoms with Crippen LogP contribution in [0.1, 0.15) is 5.56 Å². The van der Waals surface area contributed by atoms with Crippen LogP contribution in [0, 0.1) is 6.92 Å². The Morgan fingerprint density at radius 3 is 2.69 bits per heavy atom. The third kappa shape index (κ3) is 2.45. The Hall–Kier alpha value is -1.55. The Bertz CT molecular complexity index is 312. The molecule has 0 aliphatic carbocycles. The highest BCUT2D eigenvalue weighted by molar-refractivity contribution is 5.71. The number of hydrazine groups is 1. The predicted octanol–water partition coefficient (Wildman–Crippen LogP) is -0.575. The van der Waals surface area contributed by atoms with Crippen molar-refractivity contribution in [3.63, 3.8) is 0 Å². The van der Waals surface area contributed by atoms with Gasteiger partial charge < -0.3 is 14.9 Å². The zero-order valence-electron chi connectivity index (χ0n) is 7.36. The normalized spacial score (nSPS) is 9.69. The quantitative estimate of drug-likeness (QED) is 0.498. The van der Waals surface area contributed by atoms with Crippen molar-refractivity contribution < 1.29 is 9.90 Å². The highest BCUT2D eigenvalue weighted by Gasteiger charge is 2.03. The largest absolute Gasteiger partial charge is 0.548 e. The highest BCUT2D eigenvalue weighted by Crippen LogP contribution is 2.15. The fourth-order valence-corrected chi connectivity index (χ4v) is 1.11. The van der Waals surface area contributed by atoms with E-state index < -0.39 is 5.97 Å². The van der Waals surface area contributed by atoms with Crippen molar-refractivity contribution in [2.24, 2.45) is 5.84 Å². The second-order valence-corrected chi connectivity index (χ2v) is 2.79. The van der Waals surface area contributed by atoms with Crippen molar-refractivity contribution in [1.29, 1.82) is 0 Å². The number of benzene rings is 1. The first kappa shape index (κ1) is 9.54. The van der Waals surface area contributed by atoms with Crippen LogP contribution in [-0.4, -0.2) is 12.5 Å². The van der Waals surface area contributed by atoms with Crippen LogP contribution >= 0.6 is 0 Å². The van der Waals surface area contributed by atoms with Crippen LogP contribution in [-0.2, 0) is 4.79 Å². The van der Waals surface area contributed by atoms with Crippen molar-refractivity contribution in [1.82, 2.24) is 0 Å². The van der Waals surface area contributed by atoms with Gasteiger partial charge in [0, 0.05) is 0 Å². The standard InChI is InChI=1S/C9H12N2O2/c1-7-4-2-3-5-8(7)11(10)6-9(12)13/h2-5H,6,10H2,1H3,(H,12,13)/p-1. The zero-order chi connectivity index (χ0) is 9.84. The molecular weight excluding hydrogens is 168 g/mol. The molecule has 0 aliphatic heterocycles. The maximum absolute atomic E-state index is 10.3. The van der Waals surface area contributed by atoms with Gasteiger partial charge in [-0.3, -0.25) is 0 Å². The molecular formula is C9H11N2O2-. The summed E-state index contributed by atoms with van der Waals surface area (Å²) < 4.78 is 0. The molecule has 1 aromatic carbocycles. The summed E-state index contributed by atoms with van der Waals surface area (Å²) in [5, 5.41) is 11.4. The van der Waals surface area contributed by atoms with Gasteiger partial charge in [-0.25, -0.2) is 5.84 Å². The fraction of sp³-hybridized carbons (Fsp3) is 0.222. The van der Waals surface area contributed by atoms with E-state index in [4.69, 9.17) is 5.84 Å². The Morgan fingerprint density at radius 2 is 2.15 bits per heavy atom. The summed E-state index contributed by atoms with van der Waals surface area (Å²) in [6.45, 7) is 1.56. The van der Waals surface area contributed by atoms with Gasteiger partial charge >= 0.3 is 0 Å². The molecule has 0 amide bonds. The second-order valence-electron chi connectivity index (χ2n) is 2.79. The molecule has 13 heavy (non-hydrogen) atoms. The fourth-order valence-electron chi connectivity index (χ4n) is 1.11. The zero-order valence-corrected chi connectivity index (χ0v) is 7.36. The lowest BCUT2D eigenvalue weighted by molar-refractivity contribution is -0.303. The molecule has 1 aromatic rings. The van der Waals surface area contributed by atoms with Gasteiger partial charge in [-0.05, 0) is 18.6 Å². The van der Waals surface area contributed by atoms with E-state index in [9.17, 15) is 9.90 Å². The molecule has 70 valence electrons. The molecule has 1 rings (SSSR count). The van der Waals surface area contributed by atoms with Gasteiger partial charge in [0.05, 0.1) is 18.2 Å². The number of nitrogens with zero attached hydrogens (tertiary/aromatic N) is 1.